The van der Waals surface area contributed by atoms with Crippen LogP contribution in [-0.4, -0.2) is 12.7 Å². The number of hydrogen-bond donors (Lipinski definition) is 1. The molecule has 1 amide bonds. The van der Waals surface area contributed by atoms with E-state index < -0.39 is 0 Å². The van der Waals surface area contributed by atoms with E-state index in [1.165, 1.54) is 5.39 Å². The minimum Gasteiger partial charge on any atom is -0.450 e. The molecule has 0 radical (unpaired) electrons. The molecule has 0 spiro atoms. The van der Waals surface area contributed by atoms with Gasteiger partial charge >= 0.3 is 6.09 Å². The van der Waals surface area contributed by atoms with Gasteiger partial charge in [0.2, 0.25) is 0 Å². The van der Waals surface area contributed by atoms with Gasteiger partial charge in [-0.05, 0) is 30.2 Å². The molecule has 2 aromatic rings. The molecule has 94 valence electrons. The van der Waals surface area contributed by atoms with Gasteiger partial charge in [0, 0.05) is 0 Å². The highest BCUT2D eigenvalue weighted by Gasteiger charge is 2.12. The average Bonchev–Trinajstić information content (AvgIpc) is 2.38. The molecule has 0 aliphatic rings. The number of alkyl carbamates (subject to hydrolysis) is 1. The highest BCUT2D eigenvalue weighted by atomic mass is 16.5. The zero-order valence-corrected chi connectivity index (χ0v) is 10.6. The third-order valence-electron chi connectivity index (χ3n) is 2.90. The Hall–Kier alpha value is -2.03. The number of carbonyl (C=O) groups is 1. The first kappa shape index (κ1) is 12.4. The lowest BCUT2D eigenvalue weighted by Gasteiger charge is -2.16. The maximum absolute atomic E-state index is 11.4. The Morgan fingerprint density at radius 3 is 2.72 bits per heavy atom. The summed E-state index contributed by atoms with van der Waals surface area (Å²) in [7, 11) is 0. The zero-order chi connectivity index (χ0) is 13.0. The largest absolute Gasteiger partial charge is 0.450 e. The molecule has 2 rings (SSSR count). The van der Waals surface area contributed by atoms with Crippen LogP contribution in [0.4, 0.5) is 4.79 Å². The SMILES string of the molecule is CCOC(=O)N[C@H](C)c1cccc2ccccc12. The van der Waals surface area contributed by atoms with E-state index >= 15 is 0 Å². The fourth-order valence-corrected chi connectivity index (χ4v) is 2.06. The summed E-state index contributed by atoms with van der Waals surface area (Å²) in [5.41, 5.74) is 1.10. The van der Waals surface area contributed by atoms with Crippen molar-refractivity contribution >= 4 is 16.9 Å². The first-order chi connectivity index (χ1) is 8.72. The summed E-state index contributed by atoms with van der Waals surface area (Å²) >= 11 is 0. The minimum atomic E-state index is -0.377. The van der Waals surface area contributed by atoms with E-state index in [0.29, 0.717) is 6.61 Å². The molecule has 3 heteroatoms. The van der Waals surface area contributed by atoms with Crippen LogP contribution >= 0.6 is 0 Å². The van der Waals surface area contributed by atoms with Crippen molar-refractivity contribution in [2.75, 3.05) is 6.61 Å². The smallest absolute Gasteiger partial charge is 0.407 e. The van der Waals surface area contributed by atoms with Crippen LogP contribution in [0.5, 0.6) is 0 Å². The third-order valence-corrected chi connectivity index (χ3v) is 2.90. The fraction of sp³-hybridized carbons (Fsp3) is 0.267. The van der Waals surface area contributed by atoms with Crippen LogP contribution in [0.15, 0.2) is 42.5 Å². The number of hydrogen-bond acceptors (Lipinski definition) is 2. The summed E-state index contributed by atoms with van der Waals surface area (Å²) in [5, 5.41) is 5.16. The second kappa shape index (κ2) is 5.54. The molecule has 0 aliphatic heterocycles. The van der Waals surface area contributed by atoms with Crippen molar-refractivity contribution in [3.8, 4) is 0 Å². The summed E-state index contributed by atoms with van der Waals surface area (Å²) in [6, 6.07) is 14.2. The van der Waals surface area contributed by atoms with Gasteiger partial charge in [-0.2, -0.15) is 0 Å². The van der Waals surface area contributed by atoms with Crippen LogP contribution in [0, 0.1) is 0 Å². The van der Waals surface area contributed by atoms with E-state index in [4.69, 9.17) is 4.74 Å². The van der Waals surface area contributed by atoms with Crippen molar-refractivity contribution in [3.63, 3.8) is 0 Å². The molecule has 0 aliphatic carbocycles. The van der Waals surface area contributed by atoms with Gasteiger partial charge in [-0.15, -0.1) is 0 Å². The fourth-order valence-electron chi connectivity index (χ4n) is 2.06. The monoisotopic (exact) mass is 243 g/mol. The number of nitrogens with one attached hydrogen (secondary N) is 1. The van der Waals surface area contributed by atoms with Crippen LogP contribution in [0.1, 0.15) is 25.5 Å². The highest BCUT2D eigenvalue weighted by molar-refractivity contribution is 5.86. The second-order valence-electron chi connectivity index (χ2n) is 4.15. The molecule has 0 heterocycles. The van der Waals surface area contributed by atoms with Gasteiger partial charge in [-0.3, -0.25) is 0 Å². The molecule has 0 unspecified atom stereocenters. The number of rotatable bonds is 3. The molecule has 0 aromatic heterocycles. The maximum Gasteiger partial charge on any atom is 0.407 e. The van der Waals surface area contributed by atoms with Gasteiger partial charge in [-0.25, -0.2) is 4.79 Å². The average molecular weight is 243 g/mol. The lowest BCUT2D eigenvalue weighted by molar-refractivity contribution is 0.149. The van der Waals surface area contributed by atoms with Gasteiger partial charge in [0.25, 0.3) is 0 Å². The Morgan fingerprint density at radius 2 is 1.94 bits per heavy atom. The molecule has 3 nitrogen and oxygen atoms in total. The molecular weight excluding hydrogens is 226 g/mol. The van der Waals surface area contributed by atoms with E-state index in [1.807, 2.05) is 31.2 Å². The van der Waals surface area contributed by atoms with E-state index in [-0.39, 0.29) is 12.1 Å². The van der Waals surface area contributed by atoms with Crippen molar-refractivity contribution in [3.05, 3.63) is 48.0 Å². The summed E-state index contributed by atoms with van der Waals surface area (Å²) in [6.45, 7) is 4.13. The number of amides is 1. The molecule has 18 heavy (non-hydrogen) atoms. The molecular formula is C15H17NO2. The number of ether oxygens (including phenoxy) is 1. The topological polar surface area (TPSA) is 38.3 Å². The maximum atomic E-state index is 11.4. The minimum absolute atomic E-state index is 0.0739. The van der Waals surface area contributed by atoms with Gasteiger partial charge in [-0.1, -0.05) is 42.5 Å². The molecule has 1 N–H and O–H groups in total. The molecule has 0 saturated carbocycles. The number of fused-ring (bicyclic) bond motifs is 1. The van der Waals surface area contributed by atoms with Gasteiger partial charge in [0.15, 0.2) is 0 Å². The predicted octanol–water partition coefficient (Wildman–Crippen LogP) is 3.65. The number of carbonyl (C=O) groups excluding carboxylic acids is 1. The molecule has 1 atom stereocenters. The van der Waals surface area contributed by atoms with Crippen LogP contribution in [0.2, 0.25) is 0 Å². The second-order valence-corrected chi connectivity index (χ2v) is 4.15. The lowest BCUT2D eigenvalue weighted by atomic mass is 10.00. The normalized spacial score (nSPS) is 12.1. The van der Waals surface area contributed by atoms with E-state index in [9.17, 15) is 4.79 Å². The van der Waals surface area contributed by atoms with Crippen LogP contribution in [-0.2, 0) is 4.74 Å². The Kier molecular flexibility index (Phi) is 3.82. The van der Waals surface area contributed by atoms with Crippen molar-refractivity contribution < 1.29 is 9.53 Å². The molecule has 2 aromatic carbocycles. The Bertz CT molecular complexity index is 546. The Labute approximate surface area is 107 Å². The van der Waals surface area contributed by atoms with Gasteiger partial charge in [0.1, 0.15) is 0 Å². The standard InChI is InChI=1S/C15H17NO2/c1-3-18-15(17)16-11(2)13-10-6-8-12-7-4-5-9-14(12)13/h4-11H,3H2,1-2H3,(H,16,17)/t11-/m1/s1. The first-order valence-electron chi connectivity index (χ1n) is 6.13. The van der Waals surface area contributed by atoms with Crippen molar-refractivity contribution in [2.45, 2.75) is 19.9 Å². The zero-order valence-electron chi connectivity index (χ0n) is 10.6. The predicted molar refractivity (Wildman–Crippen MR) is 72.5 cm³/mol. The van der Waals surface area contributed by atoms with E-state index in [2.05, 4.69) is 23.5 Å². The van der Waals surface area contributed by atoms with Crippen molar-refractivity contribution in [2.24, 2.45) is 0 Å². The molecule has 0 bridgehead atoms. The summed E-state index contributed by atoms with van der Waals surface area (Å²) in [4.78, 5) is 11.4. The lowest BCUT2D eigenvalue weighted by Crippen LogP contribution is -2.27. The van der Waals surface area contributed by atoms with E-state index in [1.54, 1.807) is 6.92 Å². The van der Waals surface area contributed by atoms with Crippen LogP contribution < -0.4 is 5.32 Å². The number of benzene rings is 2. The van der Waals surface area contributed by atoms with E-state index in [0.717, 1.165) is 10.9 Å². The Morgan fingerprint density at radius 1 is 1.22 bits per heavy atom. The Balaban J connectivity index is 2.27. The quantitative estimate of drug-likeness (QED) is 0.893. The van der Waals surface area contributed by atoms with Gasteiger partial charge < -0.3 is 10.1 Å². The van der Waals surface area contributed by atoms with Gasteiger partial charge in [0.05, 0.1) is 12.6 Å². The van der Waals surface area contributed by atoms with Crippen LogP contribution in [0.25, 0.3) is 10.8 Å². The van der Waals surface area contributed by atoms with Crippen LogP contribution in [0.3, 0.4) is 0 Å². The third kappa shape index (κ3) is 2.62. The molecule has 0 fully saturated rings. The highest BCUT2D eigenvalue weighted by Crippen LogP contribution is 2.23. The first-order valence-corrected chi connectivity index (χ1v) is 6.13. The molecule has 0 saturated heterocycles. The summed E-state index contributed by atoms with van der Waals surface area (Å²) in [5.74, 6) is 0. The summed E-state index contributed by atoms with van der Waals surface area (Å²) < 4.78 is 4.90. The van der Waals surface area contributed by atoms with Crippen molar-refractivity contribution in [1.82, 2.24) is 5.32 Å². The van der Waals surface area contributed by atoms with Crippen molar-refractivity contribution in [1.29, 1.82) is 0 Å². The summed E-state index contributed by atoms with van der Waals surface area (Å²) in [6.07, 6.45) is -0.377.